The molecule has 0 aliphatic carbocycles. The van der Waals surface area contributed by atoms with Crippen molar-refractivity contribution in [3.63, 3.8) is 0 Å². The van der Waals surface area contributed by atoms with E-state index < -0.39 is 6.10 Å². The van der Waals surface area contributed by atoms with E-state index in [1.807, 2.05) is 12.1 Å². The summed E-state index contributed by atoms with van der Waals surface area (Å²) in [7, 11) is 0. The molecule has 1 heterocycles. The minimum Gasteiger partial charge on any atom is -0.491 e. The van der Waals surface area contributed by atoms with Crippen molar-refractivity contribution in [2.75, 3.05) is 26.4 Å². The molecule has 1 aromatic carbocycles. The summed E-state index contributed by atoms with van der Waals surface area (Å²) < 4.78 is 11.1. The SMILES string of the molecule is CC1(C)CC(O)CC(C)(C)N1CC(O)COCCOc1ccc(Cl)cc1. The Hall–Kier alpha value is -0.850. The second kappa shape index (κ2) is 8.89. The van der Waals surface area contributed by atoms with Crippen LogP contribution in [0.25, 0.3) is 0 Å². The Kier molecular flexibility index (Phi) is 7.34. The summed E-state index contributed by atoms with van der Waals surface area (Å²) >= 11 is 5.83. The van der Waals surface area contributed by atoms with Crippen LogP contribution >= 0.6 is 11.6 Å². The molecule has 5 nitrogen and oxygen atoms in total. The number of piperidine rings is 1. The van der Waals surface area contributed by atoms with Gasteiger partial charge in [-0.05, 0) is 64.8 Å². The molecule has 0 radical (unpaired) electrons. The van der Waals surface area contributed by atoms with Crippen LogP contribution in [0.4, 0.5) is 0 Å². The van der Waals surface area contributed by atoms with Gasteiger partial charge in [-0.1, -0.05) is 11.6 Å². The minimum absolute atomic E-state index is 0.167. The van der Waals surface area contributed by atoms with E-state index in [4.69, 9.17) is 21.1 Å². The smallest absolute Gasteiger partial charge is 0.119 e. The fourth-order valence-electron chi connectivity index (χ4n) is 3.99. The number of hydrogen-bond donors (Lipinski definition) is 2. The zero-order valence-electron chi connectivity index (χ0n) is 16.2. The van der Waals surface area contributed by atoms with Crippen molar-refractivity contribution in [2.45, 2.75) is 63.8 Å². The second-order valence-corrected chi connectivity index (χ2v) is 8.77. The first kappa shape index (κ1) is 21.5. The molecule has 0 aromatic heterocycles. The highest BCUT2D eigenvalue weighted by Gasteiger charge is 2.45. The predicted octanol–water partition coefficient (Wildman–Crippen LogP) is 3.11. The number of nitrogens with zero attached hydrogens (tertiary/aromatic N) is 1. The highest BCUT2D eigenvalue weighted by molar-refractivity contribution is 6.30. The third kappa shape index (κ3) is 6.10. The molecule has 1 saturated heterocycles. The maximum atomic E-state index is 10.4. The van der Waals surface area contributed by atoms with Gasteiger partial charge in [0.1, 0.15) is 12.4 Å². The molecule has 0 amide bonds. The van der Waals surface area contributed by atoms with Gasteiger partial charge >= 0.3 is 0 Å². The Balaban J connectivity index is 1.72. The van der Waals surface area contributed by atoms with Crippen LogP contribution in [0.2, 0.25) is 5.02 Å². The summed E-state index contributed by atoms with van der Waals surface area (Å²) in [4.78, 5) is 2.28. The van der Waals surface area contributed by atoms with Gasteiger partial charge in [0.05, 0.1) is 25.4 Å². The Morgan fingerprint density at radius 3 is 2.27 bits per heavy atom. The van der Waals surface area contributed by atoms with Crippen LogP contribution in [0.5, 0.6) is 5.75 Å². The summed E-state index contributed by atoms with van der Waals surface area (Å²) in [6.07, 6.45) is 0.534. The monoisotopic (exact) mass is 385 g/mol. The number of halogens is 1. The van der Waals surface area contributed by atoms with Gasteiger partial charge in [0.25, 0.3) is 0 Å². The van der Waals surface area contributed by atoms with Gasteiger partial charge in [-0.15, -0.1) is 0 Å². The summed E-state index contributed by atoms with van der Waals surface area (Å²) in [5.41, 5.74) is -0.334. The molecule has 1 aromatic rings. The van der Waals surface area contributed by atoms with Crippen LogP contribution < -0.4 is 4.74 Å². The Morgan fingerprint density at radius 2 is 1.69 bits per heavy atom. The van der Waals surface area contributed by atoms with E-state index in [9.17, 15) is 10.2 Å². The predicted molar refractivity (Wildman–Crippen MR) is 104 cm³/mol. The molecule has 148 valence electrons. The maximum Gasteiger partial charge on any atom is 0.119 e. The van der Waals surface area contributed by atoms with Crippen molar-refractivity contribution in [3.05, 3.63) is 29.3 Å². The topological polar surface area (TPSA) is 62.2 Å². The maximum absolute atomic E-state index is 10.4. The van der Waals surface area contributed by atoms with Crippen LogP contribution in [0.3, 0.4) is 0 Å². The highest BCUT2D eigenvalue weighted by Crippen LogP contribution is 2.38. The van der Waals surface area contributed by atoms with E-state index in [0.29, 0.717) is 37.6 Å². The molecule has 26 heavy (non-hydrogen) atoms. The van der Waals surface area contributed by atoms with Crippen LogP contribution in [0.15, 0.2) is 24.3 Å². The van der Waals surface area contributed by atoms with Gasteiger partial charge in [-0.25, -0.2) is 0 Å². The third-order valence-corrected chi connectivity index (χ3v) is 5.20. The molecular weight excluding hydrogens is 354 g/mol. The molecule has 0 spiro atoms. The lowest BCUT2D eigenvalue weighted by atomic mass is 9.78. The average Bonchev–Trinajstić information content (AvgIpc) is 2.51. The molecule has 1 aliphatic heterocycles. The summed E-state index contributed by atoms with van der Waals surface area (Å²) in [6.45, 7) is 10.1. The van der Waals surface area contributed by atoms with Crippen molar-refractivity contribution >= 4 is 11.6 Å². The van der Waals surface area contributed by atoms with Crippen molar-refractivity contribution in [2.24, 2.45) is 0 Å². The molecular formula is C20H32ClNO4. The van der Waals surface area contributed by atoms with E-state index in [1.54, 1.807) is 12.1 Å². The molecule has 1 aliphatic rings. The number of hydrogen-bond acceptors (Lipinski definition) is 5. The quantitative estimate of drug-likeness (QED) is 0.673. The summed E-state index contributed by atoms with van der Waals surface area (Å²) in [6, 6.07) is 7.18. The first-order valence-electron chi connectivity index (χ1n) is 9.20. The van der Waals surface area contributed by atoms with E-state index >= 15 is 0 Å². The second-order valence-electron chi connectivity index (χ2n) is 8.33. The van der Waals surface area contributed by atoms with E-state index in [-0.39, 0.29) is 23.8 Å². The zero-order chi connectivity index (χ0) is 19.4. The lowest BCUT2D eigenvalue weighted by molar-refractivity contribution is -0.105. The van der Waals surface area contributed by atoms with Crippen molar-refractivity contribution in [3.8, 4) is 5.75 Å². The fourth-order valence-corrected chi connectivity index (χ4v) is 4.12. The largest absolute Gasteiger partial charge is 0.491 e. The van der Waals surface area contributed by atoms with Gasteiger partial charge in [0.15, 0.2) is 0 Å². The number of benzene rings is 1. The Bertz CT molecular complexity index is 543. The summed E-state index contributed by atoms with van der Waals surface area (Å²) in [5.74, 6) is 0.744. The first-order chi connectivity index (χ1) is 12.1. The highest BCUT2D eigenvalue weighted by atomic mass is 35.5. The van der Waals surface area contributed by atoms with E-state index in [0.717, 1.165) is 5.75 Å². The third-order valence-electron chi connectivity index (χ3n) is 4.95. The lowest BCUT2D eigenvalue weighted by Gasteiger charge is -2.55. The molecule has 2 rings (SSSR count). The zero-order valence-corrected chi connectivity index (χ0v) is 17.0. The molecule has 0 bridgehead atoms. The van der Waals surface area contributed by atoms with Crippen molar-refractivity contribution in [1.29, 1.82) is 0 Å². The fraction of sp³-hybridized carbons (Fsp3) is 0.700. The Labute approximate surface area is 161 Å². The normalized spacial score (nSPS) is 21.5. The molecule has 1 atom stereocenters. The number of likely N-dealkylation sites (tertiary alicyclic amines) is 1. The van der Waals surface area contributed by atoms with Crippen molar-refractivity contribution in [1.82, 2.24) is 4.90 Å². The minimum atomic E-state index is -0.584. The molecule has 0 saturated carbocycles. The number of aliphatic hydroxyl groups excluding tert-OH is 2. The molecule has 1 fully saturated rings. The summed E-state index contributed by atoms with van der Waals surface area (Å²) in [5, 5.41) is 21.2. The Morgan fingerprint density at radius 1 is 1.12 bits per heavy atom. The number of ether oxygens (including phenoxy) is 2. The number of β-amino-alcohol motifs (C(OH)–C–C–N with tert-alkyl or cyclic N) is 1. The van der Waals surface area contributed by atoms with E-state index in [1.165, 1.54) is 0 Å². The number of rotatable bonds is 8. The van der Waals surface area contributed by atoms with Crippen molar-refractivity contribution < 1.29 is 19.7 Å². The molecule has 2 N–H and O–H groups in total. The van der Waals surface area contributed by atoms with E-state index in [2.05, 4.69) is 32.6 Å². The molecule has 1 unspecified atom stereocenters. The first-order valence-corrected chi connectivity index (χ1v) is 9.58. The van der Waals surface area contributed by atoms with Crippen LogP contribution in [0.1, 0.15) is 40.5 Å². The van der Waals surface area contributed by atoms with Crippen LogP contribution in [-0.4, -0.2) is 64.8 Å². The van der Waals surface area contributed by atoms with Crippen LogP contribution in [0, 0.1) is 0 Å². The number of aliphatic hydroxyl groups is 2. The van der Waals surface area contributed by atoms with Gasteiger partial charge in [-0.2, -0.15) is 0 Å². The van der Waals surface area contributed by atoms with Gasteiger partial charge in [0.2, 0.25) is 0 Å². The molecule has 6 heteroatoms. The van der Waals surface area contributed by atoms with Crippen LogP contribution in [-0.2, 0) is 4.74 Å². The standard InChI is InChI=1S/C20H32ClNO4/c1-19(2)11-16(23)12-20(3,4)22(19)13-17(24)14-25-9-10-26-18-7-5-15(21)6-8-18/h5-8,16-17,23-24H,9-14H2,1-4H3. The van der Waals surface area contributed by atoms with Gasteiger partial charge < -0.3 is 19.7 Å². The average molecular weight is 386 g/mol. The van der Waals surface area contributed by atoms with Gasteiger partial charge in [0, 0.05) is 22.6 Å². The van der Waals surface area contributed by atoms with Gasteiger partial charge in [-0.3, -0.25) is 4.90 Å². The lowest BCUT2D eigenvalue weighted by Crippen LogP contribution is -2.63.